The summed E-state index contributed by atoms with van der Waals surface area (Å²) < 4.78 is 11.0. The summed E-state index contributed by atoms with van der Waals surface area (Å²) >= 11 is 5.90. The Kier molecular flexibility index (Phi) is 4.30. The number of ether oxygens (including phenoxy) is 1. The average molecular weight is 296 g/mol. The average Bonchev–Trinajstić information content (AvgIpc) is 2.92. The van der Waals surface area contributed by atoms with Crippen LogP contribution in [-0.4, -0.2) is 16.7 Å². The molecule has 0 aliphatic carbocycles. The van der Waals surface area contributed by atoms with Gasteiger partial charge in [0.15, 0.2) is 0 Å². The van der Waals surface area contributed by atoms with Gasteiger partial charge in [0.25, 0.3) is 5.89 Å². The van der Waals surface area contributed by atoms with E-state index in [1.807, 2.05) is 20.8 Å². The Balaban J connectivity index is 2.34. The van der Waals surface area contributed by atoms with Gasteiger partial charge in [-0.15, -0.1) is 0 Å². The number of nitrogen functional groups attached to an aromatic ring is 1. The van der Waals surface area contributed by atoms with Gasteiger partial charge in [0.1, 0.15) is 5.60 Å². The first-order valence-corrected chi connectivity index (χ1v) is 6.91. The van der Waals surface area contributed by atoms with Crippen molar-refractivity contribution in [3.05, 3.63) is 29.0 Å². The molecule has 2 N–H and O–H groups in total. The number of halogens is 1. The zero-order valence-corrected chi connectivity index (χ0v) is 12.6. The van der Waals surface area contributed by atoms with Gasteiger partial charge in [-0.25, -0.2) is 0 Å². The van der Waals surface area contributed by atoms with Crippen LogP contribution in [0.15, 0.2) is 22.7 Å². The van der Waals surface area contributed by atoms with Crippen LogP contribution in [0.3, 0.4) is 0 Å². The van der Waals surface area contributed by atoms with Crippen molar-refractivity contribution in [3.63, 3.8) is 0 Å². The van der Waals surface area contributed by atoms with E-state index in [-0.39, 0.29) is 0 Å². The first kappa shape index (κ1) is 14.8. The highest BCUT2D eigenvalue weighted by molar-refractivity contribution is 6.33. The van der Waals surface area contributed by atoms with Gasteiger partial charge >= 0.3 is 0 Å². The van der Waals surface area contributed by atoms with Gasteiger partial charge < -0.3 is 15.0 Å². The van der Waals surface area contributed by atoms with Crippen LogP contribution in [0.1, 0.15) is 33.0 Å². The topological polar surface area (TPSA) is 74.2 Å². The maximum atomic E-state index is 5.90. The second kappa shape index (κ2) is 5.81. The largest absolute Gasteiger partial charge is 0.398 e. The van der Waals surface area contributed by atoms with Crippen LogP contribution in [0.4, 0.5) is 5.69 Å². The summed E-state index contributed by atoms with van der Waals surface area (Å²) in [6.45, 7) is 6.49. The summed E-state index contributed by atoms with van der Waals surface area (Å²) in [4.78, 5) is 4.41. The molecule has 1 atom stereocenters. The summed E-state index contributed by atoms with van der Waals surface area (Å²) in [7, 11) is 0. The quantitative estimate of drug-likeness (QED) is 0.853. The molecule has 1 unspecified atom stereocenters. The highest BCUT2D eigenvalue weighted by atomic mass is 35.5. The molecule has 2 rings (SSSR count). The zero-order chi connectivity index (χ0) is 14.8. The molecule has 0 aliphatic heterocycles. The lowest BCUT2D eigenvalue weighted by Crippen LogP contribution is -2.26. The Morgan fingerprint density at radius 2 is 2.15 bits per heavy atom. The van der Waals surface area contributed by atoms with Crippen LogP contribution in [0, 0.1) is 0 Å². The van der Waals surface area contributed by atoms with Crippen molar-refractivity contribution < 1.29 is 9.26 Å². The van der Waals surface area contributed by atoms with Crippen molar-refractivity contribution in [1.29, 1.82) is 0 Å². The Morgan fingerprint density at radius 1 is 1.40 bits per heavy atom. The van der Waals surface area contributed by atoms with Gasteiger partial charge in [-0.3, -0.25) is 0 Å². The maximum absolute atomic E-state index is 5.90. The molecule has 0 amide bonds. The number of anilines is 1. The molecule has 0 aliphatic rings. The highest BCUT2D eigenvalue weighted by Crippen LogP contribution is 2.30. The maximum Gasteiger partial charge on any atom is 0.258 e. The third-order valence-corrected chi connectivity index (χ3v) is 3.62. The Morgan fingerprint density at radius 3 is 2.75 bits per heavy atom. The summed E-state index contributed by atoms with van der Waals surface area (Å²) in [6.07, 6.45) is 0.753. The molecule has 108 valence electrons. The molecule has 0 saturated carbocycles. The summed E-state index contributed by atoms with van der Waals surface area (Å²) in [5, 5.41) is 4.52. The van der Waals surface area contributed by atoms with E-state index in [0.29, 0.717) is 29.0 Å². The summed E-state index contributed by atoms with van der Waals surface area (Å²) in [6, 6.07) is 5.21. The predicted molar refractivity (Wildman–Crippen MR) is 78.4 cm³/mol. The molecule has 1 aromatic carbocycles. The number of hydrogen-bond donors (Lipinski definition) is 1. The van der Waals surface area contributed by atoms with Crippen LogP contribution in [0.5, 0.6) is 0 Å². The van der Waals surface area contributed by atoms with Gasteiger partial charge in [-0.2, -0.15) is 4.98 Å². The Labute approximate surface area is 123 Å². The number of aromatic nitrogens is 2. The fourth-order valence-electron chi connectivity index (χ4n) is 1.88. The first-order valence-electron chi connectivity index (χ1n) is 6.53. The molecule has 6 heteroatoms. The van der Waals surface area contributed by atoms with E-state index in [1.165, 1.54) is 0 Å². The standard InChI is InChI=1S/C14H18ClN3O2/c1-4-14(3,19-5-2)13-17-12(20-18-13)9-6-7-10(15)11(16)8-9/h6-8H,4-5,16H2,1-3H3. The van der Waals surface area contributed by atoms with Crippen LogP contribution < -0.4 is 5.73 Å². The van der Waals surface area contributed by atoms with Crippen molar-refractivity contribution in [2.75, 3.05) is 12.3 Å². The van der Waals surface area contributed by atoms with Crippen molar-refractivity contribution in [2.45, 2.75) is 32.8 Å². The predicted octanol–water partition coefficient (Wildman–Crippen LogP) is 3.63. The van der Waals surface area contributed by atoms with Crippen LogP contribution in [0.2, 0.25) is 5.02 Å². The van der Waals surface area contributed by atoms with E-state index in [9.17, 15) is 0 Å². The van der Waals surface area contributed by atoms with E-state index in [2.05, 4.69) is 10.1 Å². The minimum atomic E-state index is -0.547. The third-order valence-electron chi connectivity index (χ3n) is 3.28. The SMILES string of the molecule is CCOC(C)(CC)c1noc(-c2ccc(Cl)c(N)c2)n1. The number of nitrogens with zero attached hydrogens (tertiary/aromatic N) is 2. The van der Waals surface area contributed by atoms with E-state index in [1.54, 1.807) is 18.2 Å². The van der Waals surface area contributed by atoms with E-state index in [4.69, 9.17) is 26.6 Å². The van der Waals surface area contributed by atoms with Gasteiger partial charge in [0.2, 0.25) is 5.82 Å². The van der Waals surface area contributed by atoms with Crippen molar-refractivity contribution in [1.82, 2.24) is 10.1 Å². The molecule has 0 saturated heterocycles. The Bertz CT molecular complexity index is 600. The smallest absolute Gasteiger partial charge is 0.258 e. The lowest BCUT2D eigenvalue weighted by Gasteiger charge is -2.23. The highest BCUT2D eigenvalue weighted by Gasteiger charge is 2.31. The van der Waals surface area contributed by atoms with Crippen LogP contribution >= 0.6 is 11.6 Å². The van der Waals surface area contributed by atoms with E-state index >= 15 is 0 Å². The molecule has 5 nitrogen and oxygen atoms in total. The molecular weight excluding hydrogens is 278 g/mol. The molecule has 0 bridgehead atoms. The van der Waals surface area contributed by atoms with E-state index < -0.39 is 5.60 Å². The van der Waals surface area contributed by atoms with Crippen LogP contribution in [0.25, 0.3) is 11.5 Å². The number of nitrogens with two attached hydrogens (primary N) is 1. The fourth-order valence-corrected chi connectivity index (χ4v) is 1.99. The van der Waals surface area contributed by atoms with Crippen LogP contribution in [-0.2, 0) is 10.3 Å². The normalized spacial score (nSPS) is 14.2. The summed E-state index contributed by atoms with van der Waals surface area (Å²) in [5.41, 5.74) is 6.45. The first-order chi connectivity index (χ1) is 9.50. The van der Waals surface area contributed by atoms with Crippen molar-refractivity contribution in [3.8, 4) is 11.5 Å². The Hall–Kier alpha value is -1.59. The molecule has 1 heterocycles. The van der Waals surface area contributed by atoms with Gasteiger partial charge in [0, 0.05) is 12.2 Å². The third kappa shape index (κ3) is 2.78. The van der Waals surface area contributed by atoms with Gasteiger partial charge in [0.05, 0.1) is 10.7 Å². The minimum Gasteiger partial charge on any atom is -0.398 e. The number of rotatable bonds is 5. The second-order valence-electron chi connectivity index (χ2n) is 4.68. The van der Waals surface area contributed by atoms with E-state index in [0.717, 1.165) is 12.0 Å². The molecule has 20 heavy (non-hydrogen) atoms. The van der Waals surface area contributed by atoms with Crippen molar-refractivity contribution in [2.24, 2.45) is 0 Å². The summed E-state index contributed by atoms with van der Waals surface area (Å²) in [5.74, 6) is 0.938. The molecule has 0 radical (unpaired) electrons. The van der Waals surface area contributed by atoms with Crippen molar-refractivity contribution >= 4 is 17.3 Å². The lowest BCUT2D eigenvalue weighted by atomic mass is 10.0. The van der Waals surface area contributed by atoms with Gasteiger partial charge in [-0.05, 0) is 38.5 Å². The molecular formula is C14H18ClN3O2. The van der Waals surface area contributed by atoms with Gasteiger partial charge in [-0.1, -0.05) is 23.7 Å². The molecule has 2 aromatic rings. The monoisotopic (exact) mass is 295 g/mol. The molecule has 0 fully saturated rings. The lowest BCUT2D eigenvalue weighted by molar-refractivity contribution is -0.0403. The molecule has 0 spiro atoms. The second-order valence-corrected chi connectivity index (χ2v) is 5.08. The minimum absolute atomic E-state index is 0.405. The number of benzene rings is 1. The molecule has 1 aromatic heterocycles. The fraction of sp³-hybridized carbons (Fsp3) is 0.429. The zero-order valence-electron chi connectivity index (χ0n) is 11.8. The number of hydrogen-bond acceptors (Lipinski definition) is 5.